The Morgan fingerprint density at radius 3 is 2.47 bits per heavy atom. The fourth-order valence-electron chi connectivity index (χ4n) is 1.13. The second kappa shape index (κ2) is 4.41. The average Bonchev–Trinajstić information content (AvgIpc) is 2.31. The van der Waals surface area contributed by atoms with E-state index in [1.165, 1.54) is 0 Å². The first-order valence-electron chi connectivity index (χ1n) is 4.60. The minimum Gasteiger partial charge on any atom is -0.456 e. The molecule has 15 heavy (non-hydrogen) atoms. The Kier molecular flexibility index (Phi) is 2.78. The summed E-state index contributed by atoms with van der Waals surface area (Å²) < 4.78 is 5.55. The molecule has 0 bridgehead atoms. The third-order valence-electron chi connectivity index (χ3n) is 1.88. The fourth-order valence-corrected chi connectivity index (χ4v) is 1.13. The predicted molar refractivity (Wildman–Crippen MR) is 58.1 cm³/mol. The molecule has 0 aliphatic carbocycles. The zero-order valence-corrected chi connectivity index (χ0v) is 8.34. The Bertz CT molecular complexity index is 414. The van der Waals surface area contributed by atoms with Crippen LogP contribution in [0.1, 0.15) is 0 Å². The summed E-state index contributed by atoms with van der Waals surface area (Å²) in [6.07, 6.45) is 5.04. The molecule has 2 aromatic heterocycles. The van der Waals surface area contributed by atoms with Gasteiger partial charge in [0.05, 0.1) is 6.20 Å². The third-order valence-corrected chi connectivity index (χ3v) is 1.88. The Balaban J connectivity index is 2.11. The number of aromatic nitrogens is 2. The Morgan fingerprint density at radius 2 is 1.87 bits per heavy atom. The van der Waals surface area contributed by atoms with Gasteiger partial charge in [-0.15, -0.1) is 0 Å². The molecule has 0 aliphatic heterocycles. The van der Waals surface area contributed by atoms with E-state index >= 15 is 0 Å². The molecule has 0 amide bonds. The number of rotatable bonds is 3. The Labute approximate surface area is 88.0 Å². The summed E-state index contributed by atoms with van der Waals surface area (Å²) >= 11 is 0. The van der Waals surface area contributed by atoms with Gasteiger partial charge in [0, 0.05) is 19.4 Å². The highest BCUT2D eigenvalue weighted by atomic mass is 16.5. The number of pyridine rings is 2. The maximum absolute atomic E-state index is 5.55. The van der Waals surface area contributed by atoms with Crippen LogP contribution in [0.3, 0.4) is 0 Å². The van der Waals surface area contributed by atoms with Gasteiger partial charge in [0.2, 0.25) is 0 Å². The van der Waals surface area contributed by atoms with Gasteiger partial charge in [-0.25, -0.2) is 4.98 Å². The van der Waals surface area contributed by atoms with Crippen molar-refractivity contribution in [2.75, 3.05) is 12.4 Å². The first-order valence-corrected chi connectivity index (χ1v) is 4.60. The van der Waals surface area contributed by atoms with E-state index in [-0.39, 0.29) is 0 Å². The lowest BCUT2D eigenvalue weighted by atomic mass is 10.4. The van der Waals surface area contributed by atoms with Gasteiger partial charge in [-0.2, -0.15) is 0 Å². The van der Waals surface area contributed by atoms with Crippen molar-refractivity contribution in [2.45, 2.75) is 0 Å². The molecular weight excluding hydrogens is 190 g/mol. The van der Waals surface area contributed by atoms with Gasteiger partial charge in [-0.1, -0.05) is 0 Å². The molecule has 4 heteroatoms. The van der Waals surface area contributed by atoms with Gasteiger partial charge in [0.25, 0.3) is 0 Å². The van der Waals surface area contributed by atoms with Crippen molar-refractivity contribution in [2.24, 2.45) is 0 Å². The second-order valence-electron chi connectivity index (χ2n) is 2.91. The number of nitrogens with one attached hydrogen (secondary N) is 1. The third kappa shape index (κ3) is 2.43. The maximum Gasteiger partial charge on any atom is 0.145 e. The molecule has 0 saturated carbocycles. The van der Waals surface area contributed by atoms with Gasteiger partial charge in [-0.05, 0) is 24.3 Å². The second-order valence-corrected chi connectivity index (χ2v) is 2.91. The van der Waals surface area contributed by atoms with Gasteiger partial charge in [-0.3, -0.25) is 4.98 Å². The zero-order chi connectivity index (χ0) is 10.5. The lowest BCUT2D eigenvalue weighted by Crippen LogP contribution is -1.91. The number of hydrogen-bond acceptors (Lipinski definition) is 4. The van der Waals surface area contributed by atoms with Crippen LogP contribution in [-0.2, 0) is 0 Å². The quantitative estimate of drug-likeness (QED) is 0.827. The van der Waals surface area contributed by atoms with E-state index in [9.17, 15) is 0 Å². The molecule has 0 saturated heterocycles. The molecule has 0 atom stereocenters. The highest BCUT2D eigenvalue weighted by Crippen LogP contribution is 2.19. The van der Waals surface area contributed by atoms with Crippen molar-refractivity contribution in [3.8, 4) is 11.5 Å². The molecule has 0 unspecified atom stereocenters. The van der Waals surface area contributed by atoms with Gasteiger partial charge < -0.3 is 10.1 Å². The van der Waals surface area contributed by atoms with Crippen LogP contribution in [0, 0.1) is 0 Å². The number of anilines is 1. The Hall–Kier alpha value is -2.10. The molecule has 76 valence electrons. The van der Waals surface area contributed by atoms with E-state index in [2.05, 4.69) is 15.3 Å². The van der Waals surface area contributed by atoms with Crippen LogP contribution in [0.25, 0.3) is 0 Å². The van der Waals surface area contributed by atoms with E-state index in [4.69, 9.17) is 4.74 Å². The fraction of sp³-hybridized carbons (Fsp3) is 0.0909. The van der Waals surface area contributed by atoms with Crippen LogP contribution in [-0.4, -0.2) is 17.0 Å². The van der Waals surface area contributed by atoms with Crippen molar-refractivity contribution in [3.05, 3.63) is 42.9 Å². The maximum atomic E-state index is 5.55. The summed E-state index contributed by atoms with van der Waals surface area (Å²) in [4.78, 5) is 8.05. The lowest BCUT2D eigenvalue weighted by Gasteiger charge is -2.05. The predicted octanol–water partition coefficient (Wildman–Crippen LogP) is 2.31. The van der Waals surface area contributed by atoms with E-state index in [0.29, 0.717) is 5.75 Å². The summed E-state index contributed by atoms with van der Waals surface area (Å²) in [5.74, 6) is 2.28. The summed E-state index contributed by atoms with van der Waals surface area (Å²) in [5.41, 5.74) is 0. The highest BCUT2D eigenvalue weighted by Gasteiger charge is 1.96. The molecule has 0 radical (unpaired) electrons. The molecule has 2 heterocycles. The van der Waals surface area contributed by atoms with E-state index in [1.54, 1.807) is 30.7 Å². The number of nitrogens with zero attached hydrogens (tertiary/aromatic N) is 2. The Morgan fingerprint density at radius 1 is 1.07 bits per heavy atom. The normalized spacial score (nSPS) is 9.67. The van der Waals surface area contributed by atoms with Crippen molar-refractivity contribution in [1.29, 1.82) is 0 Å². The van der Waals surface area contributed by atoms with Crippen LogP contribution in [0.5, 0.6) is 11.5 Å². The molecule has 4 nitrogen and oxygen atoms in total. The molecule has 0 aliphatic rings. The van der Waals surface area contributed by atoms with Crippen LogP contribution in [0.4, 0.5) is 5.82 Å². The first-order chi connectivity index (χ1) is 7.38. The molecule has 0 fully saturated rings. The monoisotopic (exact) mass is 201 g/mol. The van der Waals surface area contributed by atoms with Crippen molar-refractivity contribution < 1.29 is 4.74 Å². The van der Waals surface area contributed by atoms with Crippen LogP contribution < -0.4 is 10.1 Å². The van der Waals surface area contributed by atoms with Gasteiger partial charge >= 0.3 is 0 Å². The van der Waals surface area contributed by atoms with Gasteiger partial charge in [0.1, 0.15) is 17.3 Å². The van der Waals surface area contributed by atoms with Crippen LogP contribution in [0.15, 0.2) is 42.9 Å². The lowest BCUT2D eigenvalue weighted by molar-refractivity contribution is 0.479. The SMILES string of the molecule is CNc1ccc(Oc2ccncc2)cn1. The average molecular weight is 201 g/mol. The van der Waals surface area contributed by atoms with Crippen LogP contribution in [0.2, 0.25) is 0 Å². The van der Waals surface area contributed by atoms with Crippen molar-refractivity contribution in [1.82, 2.24) is 9.97 Å². The minimum absolute atomic E-state index is 0.709. The largest absolute Gasteiger partial charge is 0.456 e. The van der Waals surface area contributed by atoms with E-state index < -0.39 is 0 Å². The number of hydrogen-bond donors (Lipinski definition) is 1. The van der Waals surface area contributed by atoms with E-state index in [0.717, 1.165) is 11.6 Å². The van der Waals surface area contributed by atoms with Crippen molar-refractivity contribution in [3.63, 3.8) is 0 Å². The first kappa shape index (κ1) is 9.45. The molecule has 0 aromatic carbocycles. The standard InChI is InChI=1S/C11H11N3O/c1-12-11-3-2-10(8-14-11)15-9-4-6-13-7-5-9/h2-8H,1H3,(H,12,14). The summed E-state index contributed by atoms with van der Waals surface area (Å²) in [6, 6.07) is 7.31. The molecule has 1 N–H and O–H groups in total. The zero-order valence-electron chi connectivity index (χ0n) is 8.34. The summed E-state index contributed by atoms with van der Waals surface area (Å²) in [7, 11) is 1.83. The van der Waals surface area contributed by atoms with Gasteiger partial charge in [0.15, 0.2) is 0 Å². The molecular formula is C11H11N3O. The number of ether oxygens (including phenoxy) is 1. The topological polar surface area (TPSA) is 47.0 Å². The molecule has 2 aromatic rings. The van der Waals surface area contributed by atoms with Crippen LogP contribution >= 0.6 is 0 Å². The summed E-state index contributed by atoms with van der Waals surface area (Å²) in [6.45, 7) is 0. The molecule has 2 rings (SSSR count). The highest BCUT2D eigenvalue weighted by molar-refractivity contribution is 5.38. The smallest absolute Gasteiger partial charge is 0.145 e. The van der Waals surface area contributed by atoms with Crippen molar-refractivity contribution >= 4 is 5.82 Å². The summed E-state index contributed by atoms with van der Waals surface area (Å²) in [5, 5.41) is 2.94. The minimum atomic E-state index is 0.709. The molecule has 0 spiro atoms. The van der Waals surface area contributed by atoms with E-state index in [1.807, 2.05) is 19.2 Å².